The third-order valence-electron chi connectivity index (χ3n) is 6.44. The third-order valence-corrected chi connectivity index (χ3v) is 7.61. The van der Waals surface area contributed by atoms with Crippen molar-refractivity contribution in [3.63, 3.8) is 0 Å². The second-order valence-electron chi connectivity index (χ2n) is 7.72. The van der Waals surface area contributed by atoms with E-state index >= 15 is 0 Å². The Morgan fingerprint density at radius 3 is 2.88 bits per heavy atom. The number of hydrogen-bond donors (Lipinski definition) is 0. The van der Waals surface area contributed by atoms with Crippen molar-refractivity contribution in [2.75, 3.05) is 31.6 Å². The predicted molar refractivity (Wildman–Crippen MR) is 108 cm³/mol. The zero-order valence-electron chi connectivity index (χ0n) is 15.1. The first kappa shape index (κ1) is 17.0. The summed E-state index contributed by atoms with van der Waals surface area (Å²) in [6.07, 6.45) is 3.49. The number of likely N-dealkylation sites (N-methyl/N-ethyl adjacent to an activating group) is 1. The number of carbonyl (C=O) groups is 1. The van der Waals surface area contributed by atoms with Gasteiger partial charge in [-0.2, -0.15) is 11.8 Å². The number of aromatic nitrogens is 1. The summed E-state index contributed by atoms with van der Waals surface area (Å²) < 4.78 is 2.30. The lowest BCUT2D eigenvalue weighted by atomic mass is 9.97. The van der Waals surface area contributed by atoms with Crippen LogP contribution in [0.2, 0.25) is 5.02 Å². The van der Waals surface area contributed by atoms with Crippen LogP contribution in [0, 0.1) is 0 Å². The van der Waals surface area contributed by atoms with Gasteiger partial charge in [0.25, 0.3) is 0 Å². The van der Waals surface area contributed by atoms with Gasteiger partial charge in [0.15, 0.2) is 0 Å². The van der Waals surface area contributed by atoms with Gasteiger partial charge in [-0.05, 0) is 43.7 Å². The highest BCUT2D eigenvalue weighted by Crippen LogP contribution is 2.47. The lowest BCUT2D eigenvalue weighted by Gasteiger charge is -2.33. The Balaban J connectivity index is 1.59. The molecule has 26 heavy (non-hydrogen) atoms. The summed E-state index contributed by atoms with van der Waals surface area (Å²) in [6.45, 7) is 2.22. The molecule has 138 valence electrons. The van der Waals surface area contributed by atoms with E-state index in [0.29, 0.717) is 18.6 Å². The number of fused-ring (bicyclic) bond motifs is 6. The number of halogens is 1. The summed E-state index contributed by atoms with van der Waals surface area (Å²) in [5.74, 6) is 2.37. The Morgan fingerprint density at radius 1 is 1.27 bits per heavy atom. The molecule has 0 radical (unpaired) electrons. The van der Waals surface area contributed by atoms with E-state index in [1.54, 1.807) is 0 Å². The summed E-state index contributed by atoms with van der Waals surface area (Å²) in [6, 6.07) is 7.22. The van der Waals surface area contributed by atoms with Crippen molar-refractivity contribution in [2.45, 2.75) is 37.9 Å². The highest BCUT2D eigenvalue weighted by Gasteiger charge is 2.41. The molecule has 1 aromatic carbocycles. The molecule has 4 heterocycles. The molecule has 6 heteroatoms. The SMILES string of the molecule is CN1C2CCC1c1c(n(CC(=O)N3CCSCC3)c3ccc(Cl)cc13)C2. The van der Waals surface area contributed by atoms with E-state index in [1.165, 1.54) is 35.0 Å². The lowest BCUT2D eigenvalue weighted by Crippen LogP contribution is -2.40. The zero-order valence-corrected chi connectivity index (χ0v) is 16.7. The molecule has 3 aliphatic rings. The van der Waals surface area contributed by atoms with Crippen LogP contribution in [0.4, 0.5) is 0 Å². The van der Waals surface area contributed by atoms with Crippen molar-refractivity contribution in [3.05, 3.63) is 34.5 Å². The van der Waals surface area contributed by atoms with Gasteiger partial charge >= 0.3 is 0 Å². The van der Waals surface area contributed by atoms with Crippen molar-refractivity contribution >= 4 is 40.2 Å². The van der Waals surface area contributed by atoms with Crippen LogP contribution in [-0.4, -0.2) is 58.0 Å². The Bertz CT molecular complexity index is 874. The lowest BCUT2D eigenvalue weighted by molar-refractivity contribution is -0.131. The maximum absolute atomic E-state index is 13.0. The minimum Gasteiger partial charge on any atom is -0.339 e. The van der Waals surface area contributed by atoms with Crippen LogP contribution < -0.4 is 0 Å². The van der Waals surface area contributed by atoms with E-state index in [-0.39, 0.29) is 5.91 Å². The van der Waals surface area contributed by atoms with Crippen LogP contribution in [0.15, 0.2) is 18.2 Å². The molecule has 2 unspecified atom stereocenters. The van der Waals surface area contributed by atoms with Crippen LogP contribution >= 0.6 is 23.4 Å². The predicted octanol–water partition coefficient (Wildman–Crippen LogP) is 3.56. The molecular formula is C20H24ClN3OS. The molecule has 2 atom stereocenters. The van der Waals surface area contributed by atoms with E-state index < -0.39 is 0 Å². The molecule has 1 aromatic heterocycles. The van der Waals surface area contributed by atoms with Crippen molar-refractivity contribution in [2.24, 2.45) is 0 Å². The topological polar surface area (TPSA) is 28.5 Å². The Hall–Kier alpha value is -1.17. The molecule has 3 aliphatic heterocycles. The molecule has 2 saturated heterocycles. The molecule has 2 bridgehead atoms. The first-order valence-corrected chi connectivity index (χ1v) is 11.0. The molecule has 1 amide bonds. The molecule has 0 spiro atoms. The number of amides is 1. The van der Waals surface area contributed by atoms with Gasteiger partial charge in [-0.3, -0.25) is 9.69 Å². The van der Waals surface area contributed by atoms with Crippen molar-refractivity contribution < 1.29 is 4.79 Å². The number of carbonyl (C=O) groups excluding carboxylic acids is 1. The molecule has 4 nitrogen and oxygen atoms in total. The fraction of sp³-hybridized carbons (Fsp3) is 0.550. The molecule has 2 aromatic rings. The van der Waals surface area contributed by atoms with Gasteiger partial charge in [0.05, 0.1) is 0 Å². The average Bonchev–Trinajstić information content (AvgIpc) is 3.06. The molecule has 5 rings (SSSR count). The third kappa shape index (κ3) is 2.59. The largest absolute Gasteiger partial charge is 0.339 e. The molecular weight excluding hydrogens is 366 g/mol. The number of hydrogen-bond acceptors (Lipinski definition) is 3. The van der Waals surface area contributed by atoms with Gasteiger partial charge in [0, 0.05) is 64.7 Å². The first-order valence-electron chi connectivity index (χ1n) is 9.51. The molecule has 2 fully saturated rings. The van der Waals surface area contributed by atoms with Crippen LogP contribution in [0.25, 0.3) is 10.9 Å². The Labute approximate surface area is 163 Å². The van der Waals surface area contributed by atoms with Gasteiger partial charge in [0.2, 0.25) is 5.91 Å². The zero-order chi connectivity index (χ0) is 17.8. The maximum Gasteiger partial charge on any atom is 0.242 e. The highest BCUT2D eigenvalue weighted by molar-refractivity contribution is 7.99. The first-order chi connectivity index (χ1) is 12.6. The molecule has 0 aliphatic carbocycles. The van der Waals surface area contributed by atoms with E-state index in [2.05, 4.69) is 28.6 Å². The quantitative estimate of drug-likeness (QED) is 0.786. The van der Waals surface area contributed by atoms with Gasteiger partial charge in [0.1, 0.15) is 6.54 Å². The summed E-state index contributed by atoms with van der Waals surface area (Å²) >= 11 is 8.27. The Morgan fingerprint density at radius 2 is 2.08 bits per heavy atom. The molecule has 0 saturated carbocycles. The summed E-state index contributed by atoms with van der Waals surface area (Å²) in [7, 11) is 2.25. The van der Waals surface area contributed by atoms with Crippen molar-refractivity contribution in [3.8, 4) is 0 Å². The van der Waals surface area contributed by atoms with Gasteiger partial charge in [-0.1, -0.05) is 11.6 Å². The minimum atomic E-state index is 0.256. The molecule has 0 N–H and O–H groups in total. The van der Waals surface area contributed by atoms with Crippen LogP contribution in [0.3, 0.4) is 0 Å². The highest BCUT2D eigenvalue weighted by atomic mass is 35.5. The van der Waals surface area contributed by atoms with Crippen molar-refractivity contribution in [1.29, 1.82) is 0 Å². The van der Waals surface area contributed by atoms with Crippen LogP contribution in [-0.2, 0) is 17.8 Å². The Kier molecular flexibility index (Phi) is 4.22. The van der Waals surface area contributed by atoms with E-state index in [4.69, 9.17) is 11.6 Å². The number of rotatable bonds is 2. The fourth-order valence-electron chi connectivity index (χ4n) is 5.06. The number of nitrogens with zero attached hydrogens (tertiary/aromatic N) is 3. The van der Waals surface area contributed by atoms with Gasteiger partial charge < -0.3 is 9.47 Å². The van der Waals surface area contributed by atoms with Crippen molar-refractivity contribution in [1.82, 2.24) is 14.4 Å². The van der Waals surface area contributed by atoms with Crippen LogP contribution in [0.5, 0.6) is 0 Å². The van der Waals surface area contributed by atoms with E-state index in [9.17, 15) is 4.79 Å². The summed E-state index contributed by atoms with van der Waals surface area (Å²) in [4.78, 5) is 17.5. The van der Waals surface area contributed by atoms with E-state index in [0.717, 1.165) is 36.0 Å². The smallest absolute Gasteiger partial charge is 0.242 e. The fourth-order valence-corrected chi connectivity index (χ4v) is 6.13. The standard InChI is InChI=1S/C20H24ClN3OS/c1-22-14-3-5-17(22)20-15-10-13(21)2-4-16(15)24(18(20)11-14)12-19(25)23-6-8-26-9-7-23/h2,4,10,14,17H,3,5-9,11-12H2,1H3. The number of thioether (sulfide) groups is 1. The number of benzene rings is 1. The summed E-state index contributed by atoms with van der Waals surface area (Å²) in [5, 5.41) is 2.02. The average molecular weight is 390 g/mol. The monoisotopic (exact) mass is 389 g/mol. The van der Waals surface area contributed by atoms with E-state index in [1.807, 2.05) is 22.7 Å². The van der Waals surface area contributed by atoms with Crippen LogP contribution in [0.1, 0.15) is 30.1 Å². The normalized spacial score (nSPS) is 25.7. The maximum atomic E-state index is 13.0. The minimum absolute atomic E-state index is 0.256. The second-order valence-corrected chi connectivity index (χ2v) is 9.38. The van der Waals surface area contributed by atoms with Gasteiger partial charge in [-0.15, -0.1) is 0 Å². The summed E-state index contributed by atoms with van der Waals surface area (Å²) in [5.41, 5.74) is 3.95. The second kappa shape index (κ2) is 6.47. The van der Waals surface area contributed by atoms with Gasteiger partial charge in [-0.25, -0.2) is 0 Å².